The van der Waals surface area contributed by atoms with Crippen molar-refractivity contribution in [1.82, 2.24) is 19.9 Å². The lowest BCUT2D eigenvalue weighted by molar-refractivity contribution is -0.131. The van der Waals surface area contributed by atoms with E-state index in [1.165, 1.54) is 4.68 Å². The van der Waals surface area contributed by atoms with Crippen LogP contribution in [-0.4, -0.2) is 55.7 Å². The van der Waals surface area contributed by atoms with E-state index in [0.717, 1.165) is 5.56 Å². The van der Waals surface area contributed by atoms with Crippen molar-refractivity contribution < 1.29 is 15.0 Å². The van der Waals surface area contributed by atoms with Crippen molar-refractivity contribution in [2.75, 3.05) is 13.6 Å². The fourth-order valence-corrected chi connectivity index (χ4v) is 2.09. The smallest absolute Gasteiger partial charge is 0.244 e. The zero-order valence-electron chi connectivity index (χ0n) is 13.3. The molecule has 1 unspecified atom stereocenters. The first-order chi connectivity index (χ1) is 11.0. The van der Waals surface area contributed by atoms with Crippen LogP contribution in [0.15, 0.2) is 36.5 Å². The van der Waals surface area contributed by atoms with Crippen LogP contribution in [-0.2, 0) is 11.3 Å². The van der Waals surface area contributed by atoms with Crippen LogP contribution in [0.3, 0.4) is 0 Å². The van der Waals surface area contributed by atoms with Crippen molar-refractivity contribution in [2.24, 2.45) is 0 Å². The van der Waals surface area contributed by atoms with Gasteiger partial charge in [-0.05, 0) is 18.9 Å². The van der Waals surface area contributed by atoms with Crippen molar-refractivity contribution in [1.29, 1.82) is 0 Å². The number of carbonyl (C=O) groups excluding carboxylic acids is 1. The third kappa shape index (κ3) is 4.87. The number of rotatable bonds is 7. The van der Waals surface area contributed by atoms with Gasteiger partial charge in [-0.2, -0.15) is 0 Å². The number of hydrogen-bond acceptors (Lipinski definition) is 5. The molecule has 0 bridgehead atoms. The first-order valence-corrected chi connectivity index (χ1v) is 7.52. The molecule has 0 fully saturated rings. The molecule has 2 aromatic rings. The summed E-state index contributed by atoms with van der Waals surface area (Å²) in [4.78, 5) is 13.6. The average Bonchev–Trinajstić information content (AvgIpc) is 3.01. The highest BCUT2D eigenvalue weighted by molar-refractivity contribution is 5.75. The lowest BCUT2D eigenvalue weighted by Gasteiger charge is -2.17. The highest BCUT2D eigenvalue weighted by atomic mass is 16.3. The summed E-state index contributed by atoms with van der Waals surface area (Å²) in [6, 6.07) is 9.15. The van der Waals surface area contributed by atoms with Crippen LogP contribution in [0.2, 0.25) is 0 Å². The standard InChI is InChI=1S/C16H22N4O3/c1-12(21)8-9-19(2)15(22)11-20-10-14(17-18-20)16(23)13-6-4-3-5-7-13/h3-7,10,12,16,21,23H,8-9,11H2,1-2H3/t12?,16-/m1/s1. The topological polar surface area (TPSA) is 91.5 Å². The predicted molar refractivity (Wildman–Crippen MR) is 84.5 cm³/mol. The third-order valence-electron chi connectivity index (χ3n) is 3.56. The minimum absolute atomic E-state index is 0.0464. The van der Waals surface area contributed by atoms with Crippen molar-refractivity contribution in [2.45, 2.75) is 32.1 Å². The fraction of sp³-hybridized carbons (Fsp3) is 0.438. The number of benzene rings is 1. The Balaban J connectivity index is 1.95. The van der Waals surface area contributed by atoms with Crippen LogP contribution in [0.25, 0.3) is 0 Å². The van der Waals surface area contributed by atoms with Crippen LogP contribution < -0.4 is 0 Å². The molecule has 2 N–H and O–H groups in total. The van der Waals surface area contributed by atoms with Crippen LogP contribution in [0, 0.1) is 0 Å². The Morgan fingerprint density at radius 3 is 2.65 bits per heavy atom. The van der Waals surface area contributed by atoms with Gasteiger partial charge >= 0.3 is 0 Å². The van der Waals surface area contributed by atoms with E-state index >= 15 is 0 Å². The van der Waals surface area contributed by atoms with Gasteiger partial charge in [0.2, 0.25) is 5.91 Å². The molecule has 1 aromatic carbocycles. The molecule has 23 heavy (non-hydrogen) atoms. The van der Waals surface area contributed by atoms with Gasteiger partial charge in [0.1, 0.15) is 18.3 Å². The van der Waals surface area contributed by atoms with Gasteiger partial charge in [0.25, 0.3) is 0 Å². The van der Waals surface area contributed by atoms with Gasteiger partial charge in [0.15, 0.2) is 0 Å². The molecule has 2 atom stereocenters. The maximum atomic E-state index is 12.1. The van der Waals surface area contributed by atoms with Gasteiger partial charge in [-0.25, -0.2) is 4.68 Å². The molecular weight excluding hydrogens is 296 g/mol. The van der Waals surface area contributed by atoms with E-state index in [2.05, 4.69) is 10.3 Å². The first-order valence-electron chi connectivity index (χ1n) is 7.52. The van der Waals surface area contributed by atoms with E-state index in [4.69, 9.17) is 0 Å². The minimum atomic E-state index is -0.868. The van der Waals surface area contributed by atoms with Crippen LogP contribution in [0.4, 0.5) is 0 Å². The Kier molecular flexibility index (Phi) is 5.84. The Morgan fingerprint density at radius 2 is 2.00 bits per heavy atom. The van der Waals surface area contributed by atoms with Crippen molar-refractivity contribution in [3.05, 3.63) is 47.8 Å². The highest BCUT2D eigenvalue weighted by Crippen LogP contribution is 2.18. The normalized spacial score (nSPS) is 13.6. The Morgan fingerprint density at radius 1 is 1.30 bits per heavy atom. The molecule has 1 aromatic heterocycles. The lowest BCUT2D eigenvalue weighted by atomic mass is 10.1. The fourth-order valence-electron chi connectivity index (χ4n) is 2.09. The maximum Gasteiger partial charge on any atom is 0.244 e. The van der Waals surface area contributed by atoms with Crippen molar-refractivity contribution in [3.8, 4) is 0 Å². The van der Waals surface area contributed by atoms with Crippen molar-refractivity contribution in [3.63, 3.8) is 0 Å². The summed E-state index contributed by atoms with van der Waals surface area (Å²) in [5, 5.41) is 27.3. The van der Waals surface area contributed by atoms with Gasteiger partial charge in [0.05, 0.1) is 12.3 Å². The number of aliphatic hydroxyl groups is 2. The summed E-state index contributed by atoms with van der Waals surface area (Å²) in [6.07, 6.45) is 0.785. The molecule has 0 saturated heterocycles. The Labute approximate surface area is 135 Å². The number of amides is 1. The number of hydrogen-bond donors (Lipinski definition) is 2. The molecular formula is C16H22N4O3. The molecule has 0 aliphatic carbocycles. The van der Waals surface area contributed by atoms with Crippen LogP contribution >= 0.6 is 0 Å². The highest BCUT2D eigenvalue weighted by Gasteiger charge is 2.16. The summed E-state index contributed by atoms with van der Waals surface area (Å²) in [5.41, 5.74) is 1.12. The summed E-state index contributed by atoms with van der Waals surface area (Å²) < 4.78 is 1.41. The Bertz CT molecular complexity index is 627. The summed E-state index contributed by atoms with van der Waals surface area (Å²) in [6.45, 7) is 2.21. The van der Waals surface area contributed by atoms with Crippen LogP contribution in [0.5, 0.6) is 0 Å². The first kappa shape index (κ1) is 17.1. The second-order valence-electron chi connectivity index (χ2n) is 5.61. The second-order valence-corrected chi connectivity index (χ2v) is 5.61. The predicted octanol–water partition coefficient (Wildman–Crippen LogP) is 0.589. The van der Waals surface area contributed by atoms with Gasteiger partial charge in [-0.1, -0.05) is 35.5 Å². The molecule has 7 nitrogen and oxygen atoms in total. The van der Waals surface area contributed by atoms with Crippen molar-refractivity contribution >= 4 is 5.91 Å². The monoisotopic (exact) mass is 318 g/mol. The summed E-state index contributed by atoms with van der Waals surface area (Å²) >= 11 is 0. The quantitative estimate of drug-likeness (QED) is 0.779. The summed E-state index contributed by atoms with van der Waals surface area (Å²) in [7, 11) is 1.68. The SMILES string of the molecule is CC(O)CCN(C)C(=O)Cn1cc([C@H](O)c2ccccc2)nn1. The largest absolute Gasteiger partial charge is 0.393 e. The lowest BCUT2D eigenvalue weighted by Crippen LogP contribution is -2.32. The molecule has 0 spiro atoms. The zero-order chi connectivity index (χ0) is 16.8. The maximum absolute atomic E-state index is 12.1. The number of aliphatic hydroxyl groups excluding tert-OH is 2. The minimum Gasteiger partial charge on any atom is -0.393 e. The van der Waals surface area contributed by atoms with E-state index in [1.807, 2.05) is 18.2 Å². The van der Waals surface area contributed by atoms with Gasteiger partial charge in [-0.15, -0.1) is 5.10 Å². The van der Waals surface area contributed by atoms with Crippen LogP contribution in [0.1, 0.15) is 30.7 Å². The van der Waals surface area contributed by atoms with E-state index in [-0.39, 0.29) is 12.5 Å². The molecule has 2 rings (SSSR count). The molecule has 124 valence electrons. The Hall–Kier alpha value is -2.25. The van der Waals surface area contributed by atoms with Gasteiger partial charge < -0.3 is 15.1 Å². The van der Waals surface area contributed by atoms with E-state index in [9.17, 15) is 15.0 Å². The van der Waals surface area contributed by atoms with Gasteiger partial charge in [-0.3, -0.25) is 4.79 Å². The molecule has 0 saturated carbocycles. The summed E-state index contributed by atoms with van der Waals surface area (Å²) in [5.74, 6) is -0.128. The number of likely N-dealkylation sites (N-methyl/N-ethyl adjacent to an activating group) is 1. The average molecular weight is 318 g/mol. The zero-order valence-corrected chi connectivity index (χ0v) is 13.3. The molecule has 0 aliphatic rings. The molecule has 7 heteroatoms. The second kappa shape index (κ2) is 7.85. The third-order valence-corrected chi connectivity index (χ3v) is 3.56. The van der Waals surface area contributed by atoms with E-state index < -0.39 is 12.2 Å². The molecule has 0 aliphatic heterocycles. The van der Waals surface area contributed by atoms with E-state index in [1.54, 1.807) is 37.2 Å². The molecule has 1 amide bonds. The van der Waals surface area contributed by atoms with Gasteiger partial charge in [0, 0.05) is 13.6 Å². The van der Waals surface area contributed by atoms with E-state index in [0.29, 0.717) is 18.7 Å². The number of nitrogens with zero attached hydrogens (tertiary/aromatic N) is 4. The molecule has 1 heterocycles. The number of carbonyl (C=O) groups is 1. The number of aromatic nitrogens is 3. The molecule has 0 radical (unpaired) electrons.